The highest BCUT2D eigenvalue weighted by Gasteiger charge is 2.16. The molecule has 18 heavy (non-hydrogen) atoms. The minimum Gasteiger partial charge on any atom is -0.496 e. The molecule has 2 N–H and O–H groups in total. The second-order valence-corrected chi connectivity index (χ2v) is 4.42. The Balaban J connectivity index is 3.22. The molecule has 0 aliphatic heterocycles. The normalized spacial score (nSPS) is 12.0. The van der Waals surface area contributed by atoms with Crippen molar-refractivity contribution in [2.24, 2.45) is 5.73 Å². The van der Waals surface area contributed by atoms with Gasteiger partial charge in [0.25, 0.3) is 0 Å². The van der Waals surface area contributed by atoms with E-state index in [0.717, 1.165) is 36.5 Å². The lowest BCUT2D eigenvalue weighted by molar-refractivity contribution is 0.407. The topological polar surface area (TPSA) is 38.5 Å². The van der Waals surface area contributed by atoms with Crippen molar-refractivity contribution in [3.8, 4) is 5.75 Å². The molecule has 0 aliphatic rings. The van der Waals surface area contributed by atoms with E-state index in [0.29, 0.717) is 0 Å². The molecular weight excluding hydrogens is 224 g/mol. The predicted molar refractivity (Wildman–Crippen MR) is 78.3 cm³/mol. The van der Waals surface area contributed by atoms with Gasteiger partial charge in [-0.05, 0) is 25.5 Å². The molecule has 1 aromatic rings. The van der Waals surface area contributed by atoms with Gasteiger partial charge in [0, 0.05) is 30.4 Å². The molecule has 0 heterocycles. The summed E-state index contributed by atoms with van der Waals surface area (Å²) in [6, 6.07) is 6.01. The molecule has 3 heteroatoms. The molecule has 100 valence electrons. The summed E-state index contributed by atoms with van der Waals surface area (Å²) in [5, 5.41) is 0. The van der Waals surface area contributed by atoms with E-state index in [2.05, 4.69) is 24.5 Å². The van der Waals surface area contributed by atoms with E-state index < -0.39 is 0 Å². The Bertz CT molecular complexity index is 388. The van der Waals surface area contributed by atoms with Crippen LogP contribution in [0.3, 0.4) is 0 Å². The summed E-state index contributed by atoms with van der Waals surface area (Å²) in [5.41, 5.74) is 8.30. The zero-order valence-electron chi connectivity index (χ0n) is 11.6. The Hall–Kier alpha value is -1.48. The summed E-state index contributed by atoms with van der Waals surface area (Å²) >= 11 is 0. The lowest BCUT2D eigenvalue weighted by atomic mass is 10.0. The van der Waals surface area contributed by atoms with Crippen molar-refractivity contribution in [3.63, 3.8) is 0 Å². The summed E-state index contributed by atoms with van der Waals surface area (Å²) in [6.07, 6.45) is 3.00. The van der Waals surface area contributed by atoms with E-state index in [1.807, 2.05) is 25.1 Å². The number of hydrogen-bond donors (Lipinski definition) is 1. The molecule has 0 amide bonds. The number of rotatable bonds is 7. The van der Waals surface area contributed by atoms with Gasteiger partial charge in [-0.2, -0.15) is 0 Å². The number of ether oxygens (including phenoxy) is 1. The first-order valence-electron chi connectivity index (χ1n) is 6.44. The quantitative estimate of drug-likeness (QED) is 0.753. The third kappa shape index (κ3) is 3.26. The summed E-state index contributed by atoms with van der Waals surface area (Å²) in [5.74, 6) is 0.854. The van der Waals surface area contributed by atoms with Gasteiger partial charge in [0.05, 0.1) is 7.11 Å². The largest absolute Gasteiger partial charge is 0.496 e. The molecule has 1 rings (SSSR count). The van der Waals surface area contributed by atoms with Gasteiger partial charge in [-0.1, -0.05) is 19.1 Å². The number of hydrogen-bond acceptors (Lipinski definition) is 3. The number of anilines is 1. The van der Waals surface area contributed by atoms with E-state index in [1.165, 1.54) is 0 Å². The standard InChI is InChI=1S/C15H24N2O/c1-5-10-17(11-6-2)13-8-7-9-14(18-4)15(13)12(3)16/h5,7-9,12H,1,6,10-11,16H2,2-4H3. The Kier molecular flexibility index (Phi) is 5.72. The predicted octanol–water partition coefficient (Wildman–Crippen LogP) is 3.12. The molecule has 3 nitrogen and oxygen atoms in total. The van der Waals surface area contributed by atoms with E-state index >= 15 is 0 Å². The molecule has 0 spiro atoms. The summed E-state index contributed by atoms with van der Waals surface area (Å²) in [4.78, 5) is 2.29. The van der Waals surface area contributed by atoms with Crippen LogP contribution in [-0.2, 0) is 0 Å². The fourth-order valence-corrected chi connectivity index (χ4v) is 2.18. The molecule has 0 aliphatic carbocycles. The molecule has 0 bridgehead atoms. The Morgan fingerprint density at radius 3 is 2.72 bits per heavy atom. The number of nitrogens with two attached hydrogens (primary N) is 1. The Morgan fingerprint density at radius 2 is 2.22 bits per heavy atom. The highest BCUT2D eigenvalue weighted by Crippen LogP contribution is 2.33. The molecular formula is C15H24N2O. The van der Waals surface area contributed by atoms with Gasteiger partial charge >= 0.3 is 0 Å². The van der Waals surface area contributed by atoms with Crippen LogP contribution >= 0.6 is 0 Å². The van der Waals surface area contributed by atoms with Gasteiger partial charge in [-0.25, -0.2) is 0 Å². The second-order valence-electron chi connectivity index (χ2n) is 4.42. The highest BCUT2D eigenvalue weighted by molar-refractivity contribution is 5.61. The molecule has 1 aromatic carbocycles. The highest BCUT2D eigenvalue weighted by atomic mass is 16.5. The van der Waals surface area contributed by atoms with Crippen LogP contribution in [0.2, 0.25) is 0 Å². The third-order valence-corrected chi connectivity index (χ3v) is 2.90. The summed E-state index contributed by atoms with van der Waals surface area (Å²) in [6.45, 7) is 9.78. The van der Waals surface area contributed by atoms with Crippen molar-refractivity contribution < 1.29 is 4.74 Å². The fourth-order valence-electron chi connectivity index (χ4n) is 2.18. The van der Waals surface area contributed by atoms with Gasteiger partial charge in [-0.15, -0.1) is 6.58 Å². The maximum atomic E-state index is 6.09. The smallest absolute Gasteiger partial charge is 0.125 e. The Labute approximate surface area is 110 Å². The van der Waals surface area contributed by atoms with Crippen LogP contribution in [0.5, 0.6) is 5.75 Å². The van der Waals surface area contributed by atoms with Crippen molar-refractivity contribution in [2.45, 2.75) is 26.3 Å². The Morgan fingerprint density at radius 1 is 1.50 bits per heavy atom. The molecule has 0 saturated heterocycles. The monoisotopic (exact) mass is 248 g/mol. The van der Waals surface area contributed by atoms with Crippen molar-refractivity contribution in [1.29, 1.82) is 0 Å². The molecule has 1 unspecified atom stereocenters. The van der Waals surface area contributed by atoms with E-state index in [4.69, 9.17) is 10.5 Å². The summed E-state index contributed by atoms with van der Waals surface area (Å²) in [7, 11) is 1.68. The zero-order valence-corrected chi connectivity index (χ0v) is 11.6. The van der Waals surface area contributed by atoms with E-state index in [-0.39, 0.29) is 6.04 Å². The van der Waals surface area contributed by atoms with Crippen molar-refractivity contribution in [2.75, 3.05) is 25.1 Å². The van der Waals surface area contributed by atoms with Crippen molar-refractivity contribution >= 4 is 5.69 Å². The van der Waals surface area contributed by atoms with Crippen LogP contribution in [0.1, 0.15) is 31.9 Å². The fraction of sp³-hybridized carbons (Fsp3) is 0.467. The third-order valence-electron chi connectivity index (χ3n) is 2.90. The first kappa shape index (κ1) is 14.6. The van der Waals surface area contributed by atoms with Crippen LogP contribution in [-0.4, -0.2) is 20.2 Å². The number of benzene rings is 1. The maximum Gasteiger partial charge on any atom is 0.125 e. The van der Waals surface area contributed by atoms with E-state index in [9.17, 15) is 0 Å². The average molecular weight is 248 g/mol. The van der Waals surface area contributed by atoms with Gasteiger partial charge in [0.1, 0.15) is 5.75 Å². The van der Waals surface area contributed by atoms with E-state index in [1.54, 1.807) is 7.11 Å². The lowest BCUT2D eigenvalue weighted by Crippen LogP contribution is -2.26. The van der Waals surface area contributed by atoms with Crippen LogP contribution in [0.4, 0.5) is 5.69 Å². The summed E-state index contributed by atoms with van der Waals surface area (Å²) < 4.78 is 5.42. The maximum absolute atomic E-state index is 6.09. The molecule has 0 fully saturated rings. The SMILES string of the molecule is C=CCN(CCC)c1cccc(OC)c1C(C)N. The first-order chi connectivity index (χ1) is 8.65. The first-order valence-corrected chi connectivity index (χ1v) is 6.44. The zero-order chi connectivity index (χ0) is 13.5. The second kappa shape index (κ2) is 7.07. The molecule has 1 atom stereocenters. The number of nitrogens with zero attached hydrogens (tertiary/aromatic N) is 1. The molecule has 0 radical (unpaired) electrons. The van der Waals surface area contributed by atoms with Gasteiger partial charge in [0.15, 0.2) is 0 Å². The average Bonchev–Trinajstić information content (AvgIpc) is 2.37. The van der Waals surface area contributed by atoms with Crippen LogP contribution in [0.25, 0.3) is 0 Å². The van der Waals surface area contributed by atoms with Gasteiger partial charge < -0.3 is 15.4 Å². The van der Waals surface area contributed by atoms with Crippen LogP contribution < -0.4 is 15.4 Å². The lowest BCUT2D eigenvalue weighted by Gasteiger charge is -2.27. The van der Waals surface area contributed by atoms with Crippen molar-refractivity contribution in [1.82, 2.24) is 0 Å². The van der Waals surface area contributed by atoms with Crippen LogP contribution in [0, 0.1) is 0 Å². The van der Waals surface area contributed by atoms with Crippen molar-refractivity contribution in [3.05, 3.63) is 36.4 Å². The van der Waals surface area contributed by atoms with Gasteiger partial charge in [-0.3, -0.25) is 0 Å². The number of methoxy groups -OCH3 is 1. The molecule has 0 aromatic heterocycles. The minimum atomic E-state index is -0.0553. The molecule has 0 saturated carbocycles. The van der Waals surface area contributed by atoms with Crippen LogP contribution in [0.15, 0.2) is 30.9 Å². The minimum absolute atomic E-state index is 0.0553. The van der Waals surface area contributed by atoms with Gasteiger partial charge in [0.2, 0.25) is 0 Å².